The van der Waals surface area contributed by atoms with Crippen molar-refractivity contribution in [3.05, 3.63) is 0 Å². The normalized spacial score (nSPS) is 12.6. The molecule has 10 heavy (non-hydrogen) atoms. The van der Waals surface area contributed by atoms with Crippen molar-refractivity contribution in [2.75, 3.05) is 6.61 Å². The molecule has 0 saturated carbocycles. The van der Waals surface area contributed by atoms with Crippen molar-refractivity contribution in [3.8, 4) is 0 Å². The Balaban J connectivity index is 3.21. The van der Waals surface area contributed by atoms with Crippen LogP contribution in [0.1, 0.15) is 27.2 Å². The van der Waals surface area contributed by atoms with Gasteiger partial charge in [0.2, 0.25) is 0 Å². The van der Waals surface area contributed by atoms with E-state index in [-0.39, 0.29) is 6.61 Å². The quantitative estimate of drug-likeness (QED) is 0.601. The molecule has 3 heteroatoms. The molecule has 0 aromatic rings. The van der Waals surface area contributed by atoms with E-state index in [2.05, 4.69) is 4.74 Å². The zero-order valence-electron chi connectivity index (χ0n) is 6.66. The summed E-state index contributed by atoms with van der Waals surface area (Å²) >= 11 is 0. The molecule has 0 radical (unpaired) electrons. The third-order valence-electron chi connectivity index (χ3n) is 1.05. The topological polar surface area (TPSA) is 9.23 Å². The van der Waals surface area contributed by atoms with E-state index in [0.29, 0.717) is 12.3 Å². The van der Waals surface area contributed by atoms with Gasteiger partial charge in [-0.2, -0.15) is 8.78 Å². The number of rotatable bonds is 4. The molecule has 0 bridgehead atoms. The summed E-state index contributed by atoms with van der Waals surface area (Å²) in [6, 6.07) is 0. The van der Waals surface area contributed by atoms with E-state index in [1.165, 1.54) is 0 Å². The molecule has 0 atom stereocenters. The smallest absolute Gasteiger partial charge is 0.321 e. The molecule has 0 heterocycles. The van der Waals surface area contributed by atoms with Gasteiger partial charge in [-0.1, -0.05) is 13.8 Å². The van der Waals surface area contributed by atoms with Crippen LogP contribution in [0.4, 0.5) is 8.78 Å². The molecular weight excluding hydrogens is 138 g/mol. The lowest BCUT2D eigenvalue weighted by atomic mass is 10.1. The minimum atomic E-state index is -2.96. The summed E-state index contributed by atoms with van der Waals surface area (Å²) in [7, 11) is 0. The van der Waals surface area contributed by atoms with Crippen molar-refractivity contribution in [3.63, 3.8) is 0 Å². The molecule has 0 aliphatic heterocycles. The van der Waals surface area contributed by atoms with E-state index in [1.54, 1.807) is 0 Å². The van der Waals surface area contributed by atoms with Crippen LogP contribution in [0.5, 0.6) is 0 Å². The molecule has 0 aromatic heterocycles. The SMILES string of the molecule is CC(C)CCOC(C)(F)F. The second-order valence-electron chi connectivity index (χ2n) is 2.84. The van der Waals surface area contributed by atoms with Gasteiger partial charge in [0.25, 0.3) is 0 Å². The first-order valence-corrected chi connectivity index (χ1v) is 3.43. The average Bonchev–Trinajstić information content (AvgIpc) is 1.59. The van der Waals surface area contributed by atoms with E-state index in [0.717, 1.165) is 6.92 Å². The van der Waals surface area contributed by atoms with Gasteiger partial charge in [0, 0.05) is 6.92 Å². The predicted molar refractivity (Wildman–Crippen MR) is 36.0 cm³/mol. The Morgan fingerprint density at radius 1 is 1.40 bits per heavy atom. The van der Waals surface area contributed by atoms with Crippen molar-refractivity contribution < 1.29 is 13.5 Å². The molecular formula is C7H14F2O. The van der Waals surface area contributed by atoms with Gasteiger partial charge in [0.1, 0.15) is 0 Å². The molecule has 62 valence electrons. The minimum absolute atomic E-state index is 0.140. The van der Waals surface area contributed by atoms with Gasteiger partial charge < -0.3 is 4.74 Å². The van der Waals surface area contributed by atoms with Gasteiger partial charge in [-0.3, -0.25) is 0 Å². The predicted octanol–water partition coefficient (Wildman–Crippen LogP) is 2.66. The lowest BCUT2D eigenvalue weighted by molar-refractivity contribution is -0.225. The van der Waals surface area contributed by atoms with Crippen LogP contribution in [0.25, 0.3) is 0 Å². The van der Waals surface area contributed by atoms with E-state index in [4.69, 9.17) is 0 Å². The summed E-state index contributed by atoms with van der Waals surface area (Å²) in [4.78, 5) is 0. The van der Waals surface area contributed by atoms with Gasteiger partial charge >= 0.3 is 6.11 Å². The van der Waals surface area contributed by atoms with Crippen molar-refractivity contribution in [2.24, 2.45) is 5.92 Å². The van der Waals surface area contributed by atoms with Crippen LogP contribution in [0.2, 0.25) is 0 Å². The van der Waals surface area contributed by atoms with Crippen LogP contribution >= 0.6 is 0 Å². The number of alkyl halides is 2. The van der Waals surface area contributed by atoms with Crippen LogP contribution in [0.15, 0.2) is 0 Å². The van der Waals surface area contributed by atoms with Gasteiger partial charge in [-0.15, -0.1) is 0 Å². The van der Waals surface area contributed by atoms with Crippen LogP contribution in [0.3, 0.4) is 0 Å². The summed E-state index contributed by atoms with van der Waals surface area (Å²) in [5, 5.41) is 0. The highest BCUT2D eigenvalue weighted by Crippen LogP contribution is 2.14. The summed E-state index contributed by atoms with van der Waals surface area (Å²) in [5.74, 6) is 0.419. The molecule has 0 saturated heterocycles. The van der Waals surface area contributed by atoms with E-state index >= 15 is 0 Å². The van der Waals surface area contributed by atoms with Gasteiger partial charge in [-0.05, 0) is 12.3 Å². The fourth-order valence-electron chi connectivity index (χ4n) is 0.474. The van der Waals surface area contributed by atoms with E-state index in [1.807, 2.05) is 13.8 Å². The summed E-state index contributed by atoms with van der Waals surface area (Å²) in [6.45, 7) is 4.84. The maximum atomic E-state index is 12.0. The summed E-state index contributed by atoms with van der Waals surface area (Å²) in [6.07, 6.45) is -2.28. The molecule has 1 nitrogen and oxygen atoms in total. The number of hydrogen-bond donors (Lipinski definition) is 0. The standard InChI is InChI=1S/C7H14F2O/c1-6(2)4-5-10-7(3,8)9/h6H,4-5H2,1-3H3. The van der Waals surface area contributed by atoms with Gasteiger partial charge in [0.15, 0.2) is 0 Å². The Bertz CT molecular complexity index is 86.1. The molecule has 0 N–H and O–H groups in total. The Labute approximate surface area is 60.4 Å². The Morgan fingerprint density at radius 2 is 1.90 bits per heavy atom. The minimum Gasteiger partial charge on any atom is -0.321 e. The van der Waals surface area contributed by atoms with Crippen molar-refractivity contribution in [2.45, 2.75) is 33.3 Å². The largest absolute Gasteiger partial charge is 0.352 e. The molecule has 0 aromatic carbocycles. The van der Waals surface area contributed by atoms with Gasteiger partial charge in [0.05, 0.1) is 6.61 Å². The van der Waals surface area contributed by atoms with Crippen LogP contribution in [-0.4, -0.2) is 12.7 Å². The fourth-order valence-corrected chi connectivity index (χ4v) is 0.474. The zero-order chi connectivity index (χ0) is 8.20. The zero-order valence-corrected chi connectivity index (χ0v) is 6.66. The highest BCUT2D eigenvalue weighted by atomic mass is 19.3. The first-order valence-electron chi connectivity index (χ1n) is 3.43. The van der Waals surface area contributed by atoms with Crippen LogP contribution in [-0.2, 0) is 4.74 Å². The molecule has 0 aliphatic carbocycles. The number of hydrogen-bond acceptors (Lipinski definition) is 1. The Kier molecular flexibility index (Phi) is 3.79. The third-order valence-corrected chi connectivity index (χ3v) is 1.05. The van der Waals surface area contributed by atoms with Crippen LogP contribution in [0, 0.1) is 5.92 Å². The third kappa shape index (κ3) is 7.82. The highest BCUT2D eigenvalue weighted by Gasteiger charge is 2.20. The lowest BCUT2D eigenvalue weighted by Gasteiger charge is -2.11. The van der Waals surface area contributed by atoms with Crippen molar-refractivity contribution in [1.82, 2.24) is 0 Å². The molecule has 0 amide bonds. The van der Waals surface area contributed by atoms with Crippen molar-refractivity contribution in [1.29, 1.82) is 0 Å². The summed E-state index contributed by atoms with van der Waals surface area (Å²) in [5.41, 5.74) is 0. The highest BCUT2D eigenvalue weighted by molar-refractivity contribution is 4.45. The number of halogens is 2. The van der Waals surface area contributed by atoms with E-state index in [9.17, 15) is 8.78 Å². The molecule has 0 rings (SSSR count). The Morgan fingerprint density at radius 3 is 2.20 bits per heavy atom. The fraction of sp³-hybridized carbons (Fsp3) is 1.00. The molecule has 0 spiro atoms. The first kappa shape index (κ1) is 9.82. The molecule has 0 fully saturated rings. The van der Waals surface area contributed by atoms with Crippen molar-refractivity contribution >= 4 is 0 Å². The Hall–Kier alpha value is -0.180. The maximum Gasteiger partial charge on any atom is 0.352 e. The summed E-state index contributed by atoms with van der Waals surface area (Å²) < 4.78 is 28.1. The van der Waals surface area contributed by atoms with E-state index < -0.39 is 6.11 Å². The van der Waals surface area contributed by atoms with Crippen LogP contribution < -0.4 is 0 Å². The number of ether oxygens (including phenoxy) is 1. The molecule has 0 aliphatic rings. The average molecular weight is 152 g/mol. The van der Waals surface area contributed by atoms with Gasteiger partial charge in [-0.25, -0.2) is 0 Å². The maximum absolute atomic E-state index is 12.0. The molecule has 0 unspecified atom stereocenters. The second-order valence-corrected chi connectivity index (χ2v) is 2.84. The second kappa shape index (κ2) is 3.86. The monoisotopic (exact) mass is 152 g/mol. The first-order chi connectivity index (χ1) is 4.42. The lowest BCUT2D eigenvalue weighted by Crippen LogP contribution is -2.16.